The van der Waals surface area contributed by atoms with Crippen LogP contribution in [-0.2, 0) is 6.54 Å². The molecule has 0 aliphatic carbocycles. The third kappa shape index (κ3) is 4.14. The Hall–Kier alpha value is -2.16. The summed E-state index contributed by atoms with van der Waals surface area (Å²) >= 11 is 0. The molecule has 0 radical (unpaired) electrons. The maximum absolute atomic E-state index is 12.8. The van der Waals surface area contributed by atoms with E-state index in [4.69, 9.17) is 9.47 Å². The van der Waals surface area contributed by atoms with E-state index in [9.17, 15) is 13.2 Å². The second kappa shape index (κ2) is 7.61. The van der Waals surface area contributed by atoms with E-state index in [1.165, 1.54) is 11.8 Å². The second-order valence-corrected chi connectivity index (χ2v) is 6.33. The summed E-state index contributed by atoms with van der Waals surface area (Å²) in [5.74, 6) is 2.13. The number of hydrogen-bond acceptors (Lipinski definition) is 4. The van der Waals surface area contributed by atoms with Gasteiger partial charge in [0, 0.05) is 39.8 Å². The van der Waals surface area contributed by atoms with Gasteiger partial charge in [-0.25, -0.2) is 0 Å². The van der Waals surface area contributed by atoms with Crippen LogP contribution in [-0.4, -0.2) is 68.0 Å². The monoisotopic (exact) mass is 372 g/mol. The number of benzene rings is 1. The number of nitrogens with one attached hydrogen (secondary N) is 1. The lowest BCUT2D eigenvalue weighted by Gasteiger charge is -2.39. The maximum atomic E-state index is 12.8. The minimum atomic E-state index is -4.19. The molecule has 144 valence electrons. The zero-order valence-electron chi connectivity index (χ0n) is 14.8. The van der Waals surface area contributed by atoms with Crippen LogP contribution in [0.3, 0.4) is 0 Å². The van der Waals surface area contributed by atoms with Gasteiger partial charge in [-0.05, 0) is 24.6 Å². The van der Waals surface area contributed by atoms with Crippen LogP contribution in [0, 0.1) is 0 Å². The predicted molar refractivity (Wildman–Crippen MR) is 91.4 cm³/mol. The fourth-order valence-electron chi connectivity index (χ4n) is 3.09. The molecular formula is C17H23F3N4O2. The Morgan fingerprint density at radius 1 is 1.19 bits per heavy atom. The van der Waals surface area contributed by atoms with Crippen LogP contribution < -0.4 is 14.8 Å². The van der Waals surface area contributed by atoms with Gasteiger partial charge in [0.05, 0.1) is 0 Å². The summed E-state index contributed by atoms with van der Waals surface area (Å²) in [6.07, 6.45) is -4.19. The molecule has 0 saturated carbocycles. The van der Waals surface area contributed by atoms with Gasteiger partial charge in [-0.1, -0.05) is 6.07 Å². The number of guanidine groups is 1. The molecule has 2 heterocycles. The lowest BCUT2D eigenvalue weighted by molar-refractivity contribution is -0.181. The molecule has 0 spiro atoms. The lowest BCUT2D eigenvalue weighted by atomic mass is 10.2. The van der Waals surface area contributed by atoms with E-state index in [-0.39, 0.29) is 6.79 Å². The van der Waals surface area contributed by atoms with Crippen LogP contribution >= 0.6 is 0 Å². The average molecular weight is 372 g/mol. The summed E-state index contributed by atoms with van der Waals surface area (Å²) in [5, 5.41) is 3.26. The van der Waals surface area contributed by atoms with E-state index in [0.717, 1.165) is 11.3 Å². The van der Waals surface area contributed by atoms with Crippen LogP contribution in [0.25, 0.3) is 0 Å². The molecule has 1 saturated heterocycles. The summed E-state index contributed by atoms with van der Waals surface area (Å²) in [6, 6.07) is 4.29. The van der Waals surface area contributed by atoms with Gasteiger partial charge in [-0.2, -0.15) is 13.2 Å². The Bertz CT molecular complexity index is 658. The molecule has 2 aliphatic heterocycles. The smallest absolute Gasteiger partial charge is 0.403 e. The maximum Gasteiger partial charge on any atom is 0.403 e. The molecule has 0 aromatic heterocycles. The highest BCUT2D eigenvalue weighted by Crippen LogP contribution is 2.32. The van der Waals surface area contributed by atoms with Crippen LogP contribution in [0.2, 0.25) is 0 Å². The Balaban J connectivity index is 1.52. The topological polar surface area (TPSA) is 49.3 Å². The van der Waals surface area contributed by atoms with Gasteiger partial charge in [0.2, 0.25) is 6.79 Å². The SMILES string of the molecule is CN=C(NCc1ccc2c(c1)OCO2)N1CCN(C(C)C(F)(F)F)CC1. The number of alkyl halides is 3. The number of piperazine rings is 1. The van der Waals surface area contributed by atoms with E-state index in [1.807, 2.05) is 23.1 Å². The number of hydrogen-bond donors (Lipinski definition) is 1. The van der Waals surface area contributed by atoms with Crippen molar-refractivity contribution in [1.29, 1.82) is 0 Å². The molecule has 1 unspecified atom stereocenters. The minimum Gasteiger partial charge on any atom is -0.454 e. The second-order valence-electron chi connectivity index (χ2n) is 6.33. The van der Waals surface area contributed by atoms with E-state index < -0.39 is 12.2 Å². The third-order valence-electron chi connectivity index (χ3n) is 4.73. The summed E-state index contributed by atoms with van der Waals surface area (Å²) < 4.78 is 49.2. The fraction of sp³-hybridized carbons (Fsp3) is 0.588. The van der Waals surface area contributed by atoms with E-state index in [0.29, 0.717) is 44.4 Å². The van der Waals surface area contributed by atoms with Crippen molar-refractivity contribution in [3.05, 3.63) is 23.8 Å². The van der Waals surface area contributed by atoms with Crippen molar-refractivity contribution < 1.29 is 22.6 Å². The van der Waals surface area contributed by atoms with Crippen molar-refractivity contribution in [3.63, 3.8) is 0 Å². The van der Waals surface area contributed by atoms with Gasteiger partial charge in [0.1, 0.15) is 6.04 Å². The molecule has 1 aromatic rings. The van der Waals surface area contributed by atoms with Crippen molar-refractivity contribution in [2.75, 3.05) is 40.0 Å². The molecule has 9 heteroatoms. The van der Waals surface area contributed by atoms with Gasteiger partial charge in [0.15, 0.2) is 17.5 Å². The molecule has 0 bridgehead atoms. The molecule has 1 N–H and O–H groups in total. The summed E-state index contributed by atoms with van der Waals surface area (Å²) in [7, 11) is 1.67. The first kappa shape index (κ1) is 18.6. The number of nitrogens with zero attached hydrogens (tertiary/aromatic N) is 3. The quantitative estimate of drug-likeness (QED) is 0.650. The summed E-state index contributed by atoms with van der Waals surface area (Å²) in [5.41, 5.74) is 1.01. The van der Waals surface area contributed by atoms with Crippen molar-refractivity contribution in [1.82, 2.24) is 15.1 Å². The Morgan fingerprint density at radius 2 is 1.88 bits per heavy atom. The fourth-order valence-corrected chi connectivity index (χ4v) is 3.09. The van der Waals surface area contributed by atoms with Crippen LogP contribution in [0.4, 0.5) is 13.2 Å². The summed E-state index contributed by atoms with van der Waals surface area (Å²) in [6.45, 7) is 3.69. The number of halogens is 3. The van der Waals surface area contributed by atoms with Gasteiger partial charge in [-0.3, -0.25) is 9.89 Å². The Labute approximate surface area is 150 Å². The lowest BCUT2D eigenvalue weighted by Crippen LogP contribution is -2.56. The minimum absolute atomic E-state index is 0.231. The van der Waals surface area contributed by atoms with Gasteiger partial charge in [0.25, 0.3) is 0 Å². The predicted octanol–water partition coefficient (Wildman–Crippen LogP) is 2.06. The van der Waals surface area contributed by atoms with Gasteiger partial charge >= 0.3 is 6.18 Å². The average Bonchev–Trinajstić information content (AvgIpc) is 3.09. The Kier molecular flexibility index (Phi) is 5.45. The van der Waals surface area contributed by atoms with Gasteiger partial charge in [-0.15, -0.1) is 0 Å². The molecule has 1 aromatic carbocycles. The highest BCUT2D eigenvalue weighted by atomic mass is 19.4. The first-order valence-corrected chi connectivity index (χ1v) is 8.53. The molecule has 0 amide bonds. The number of rotatable bonds is 3. The Morgan fingerprint density at radius 3 is 2.54 bits per heavy atom. The molecule has 6 nitrogen and oxygen atoms in total. The van der Waals surface area contributed by atoms with Crippen molar-refractivity contribution >= 4 is 5.96 Å². The molecule has 2 aliphatic rings. The van der Waals surface area contributed by atoms with Crippen LogP contribution in [0.1, 0.15) is 12.5 Å². The number of aliphatic imine (C=N–C) groups is 1. The van der Waals surface area contributed by atoms with Gasteiger partial charge < -0.3 is 19.7 Å². The highest BCUT2D eigenvalue weighted by Gasteiger charge is 2.41. The highest BCUT2D eigenvalue weighted by molar-refractivity contribution is 5.80. The molecule has 1 atom stereocenters. The standard InChI is InChI=1S/C17H23F3N4O2/c1-12(17(18,19)20)23-5-7-24(8-6-23)16(21-2)22-10-13-3-4-14-15(9-13)26-11-25-14/h3-4,9,12H,5-8,10-11H2,1-2H3,(H,21,22). The number of ether oxygens (including phenoxy) is 2. The first-order chi connectivity index (χ1) is 12.4. The van der Waals surface area contributed by atoms with Crippen molar-refractivity contribution in [2.45, 2.75) is 25.7 Å². The van der Waals surface area contributed by atoms with Crippen LogP contribution in [0.15, 0.2) is 23.2 Å². The molecule has 26 heavy (non-hydrogen) atoms. The van der Waals surface area contributed by atoms with E-state index >= 15 is 0 Å². The van der Waals surface area contributed by atoms with E-state index in [1.54, 1.807) is 7.05 Å². The number of fused-ring (bicyclic) bond motifs is 1. The van der Waals surface area contributed by atoms with Crippen LogP contribution in [0.5, 0.6) is 11.5 Å². The summed E-state index contributed by atoms with van der Waals surface area (Å²) in [4.78, 5) is 7.69. The van der Waals surface area contributed by atoms with Crippen molar-refractivity contribution in [3.8, 4) is 11.5 Å². The first-order valence-electron chi connectivity index (χ1n) is 8.53. The molecule has 1 fully saturated rings. The van der Waals surface area contributed by atoms with E-state index in [2.05, 4.69) is 10.3 Å². The third-order valence-corrected chi connectivity index (χ3v) is 4.73. The largest absolute Gasteiger partial charge is 0.454 e. The molecular weight excluding hydrogens is 349 g/mol. The zero-order chi connectivity index (χ0) is 18.7. The zero-order valence-corrected chi connectivity index (χ0v) is 14.8. The molecule has 3 rings (SSSR count). The normalized spacial score (nSPS) is 19.6. The van der Waals surface area contributed by atoms with Crippen molar-refractivity contribution in [2.24, 2.45) is 4.99 Å².